The number of rotatable bonds is 6. The van der Waals surface area contributed by atoms with Crippen molar-refractivity contribution in [1.82, 2.24) is 9.97 Å². The Kier molecular flexibility index (Phi) is 4.60. The smallest absolute Gasteiger partial charge is 0.305 e. The molecule has 0 saturated carbocycles. The van der Waals surface area contributed by atoms with Gasteiger partial charge in [-0.05, 0) is 17.9 Å². The van der Waals surface area contributed by atoms with E-state index in [4.69, 9.17) is 0 Å². The van der Waals surface area contributed by atoms with Gasteiger partial charge in [-0.15, -0.1) is 0 Å². The summed E-state index contributed by atoms with van der Waals surface area (Å²) in [5.41, 5.74) is 1.19. The summed E-state index contributed by atoms with van der Waals surface area (Å²) in [5, 5.41) is 13.5. The van der Waals surface area contributed by atoms with E-state index < -0.39 is 4.92 Å². The number of anilines is 1. The molecule has 1 atom stereocenters. The first-order valence-electron chi connectivity index (χ1n) is 6.42. The maximum Gasteiger partial charge on any atom is 0.305 e. The molecular weight excluding hydrogens is 256 g/mol. The van der Waals surface area contributed by atoms with E-state index in [1.165, 1.54) is 18.0 Å². The van der Waals surface area contributed by atoms with Gasteiger partial charge in [0.2, 0.25) is 5.95 Å². The number of aromatic nitrogens is 2. The van der Waals surface area contributed by atoms with Crippen LogP contribution in [0, 0.1) is 10.1 Å². The summed E-state index contributed by atoms with van der Waals surface area (Å²) in [5.74, 6) is 0.845. The zero-order valence-corrected chi connectivity index (χ0v) is 11.2. The fraction of sp³-hybridized carbons (Fsp3) is 0.286. The Morgan fingerprint density at radius 2 is 1.90 bits per heavy atom. The van der Waals surface area contributed by atoms with Crippen molar-refractivity contribution in [2.45, 2.75) is 19.3 Å². The molecule has 6 nitrogen and oxygen atoms in total. The second-order valence-corrected chi connectivity index (χ2v) is 4.55. The molecule has 0 aliphatic rings. The number of hydrogen-bond donors (Lipinski definition) is 1. The predicted molar refractivity (Wildman–Crippen MR) is 76.7 cm³/mol. The Bertz CT molecular complexity index is 557. The molecule has 0 saturated heterocycles. The second-order valence-electron chi connectivity index (χ2n) is 4.55. The molecule has 6 heteroatoms. The third kappa shape index (κ3) is 3.74. The molecule has 104 valence electrons. The van der Waals surface area contributed by atoms with Crippen LogP contribution in [-0.2, 0) is 0 Å². The standard InChI is InChI=1S/C14H16N4O2/c1-11(12-5-3-2-4-6-12)7-8-15-14-16-9-13(10-17-14)18(19)20/h2-6,9-11H,7-8H2,1H3,(H,15,16,17). The van der Waals surface area contributed by atoms with Gasteiger partial charge in [-0.25, -0.2) is 9.97 Å². The summed E-state index contributed by atoms with van der Waals surface area (Å²) >= 11 is 0. The quantitative estimate of drug-likeness (QED) is 0.645. The lowest BCUT2D eigenvalue weighted by atomic mass is 9.98. The highest BCUT2D eigenvalue weighted by atomic mass is 16.6. The fourth-order valence-corrected chi connectivity index (χ4v) is 1.86. The fourth-order valence-electron chi connectivity index (χ4n) is 1.86. The summed E-state index contributed by atoms with van der Waals surface area (Å²) in [6.45, 7) is 2.88. The first kappa shape index (κ1) is 13.9. The average Bonchev–Trinajstić information content (AvgIpc) is 2.48. The molecule has 1 unspecified atom stereocenters. The van der Waals surface area contributed by atoms with Gasteiger partial charge >= 0.3 is 5.69 Å². The van der Waals surface area contributed by atoms with Gasteiger partial charge in [0.25, 0.3) is 0 Å². The van der Waals surface area contributed by atoms with Crippen LogP contribution in [-0.4, -0.2) is 21.4 Å². The van der Waals surface area contributed by atoms with Gasteiger partial charge in [0.05, 0.1) is 4.92 Å². The summed E-state index contributed by atoms with van der Waals surface area (Å²) < 4.78 is 0. The lowest BCUT2D eigenvalue weighted by Crippen LogP contribution is -2.08. The molecule has 1 N–H and O–H groups in total. The normalized spacial score (nSPS) is 11.8. The lowest BCUT2D eigenvalue weighted by molar-refractivity contribution is -0.385. The monoisotopic (exact) mass is 272 g/mol. The van der Waals surface area contributed by atoms with Gasteiger partial charge in [-0.3, -0.25) is 10.1 Å². The van der Waals surface area contributed by atoms with Crippen LogP contribution in [0.1, 0.15) is 24.8 Å². The largest absolute Gasteiger partial charge is 0.354 e. The Morgan fingerprint density at radius 1 is 1.25 bits per heavy atom. The van der Waals surface area contributed by atoms with Gasteiger partial charge < -0.3 is 5.32 Å². The first-order valence-corrected chi connectivity index (χ1v) is 6.42. The molecule has 0 fully saturated rings. The Hall–Kier alpha value is -2.50. The van der Waals surface area contributed by atoms with Crippen molar-refractivity contribution < 1.29 is 4.92 Å². The Labute approximate surface area is 117 Å². The number of nitrogens with one attached hydrogen (secondary N) is 1. The maximum absolute atomic E-state index is 10.5. The van der Waals surface area contributed by atoms with Crippen LogP contribution >= 0.6 is 0 Å². The molecule has 0 amide bonds. The number of benzene rings is 1. The minimum Gasteiger partial charge on any atom is -0.354 e. The minimum atomic E-state index is -0.513. The van der Waals surface area contributed by atoms with Crippen molar-refractivity contribution in [3.63, 3.8) is 0 Å². The highest BCUT2D eigenvalue weighted by Gasteiger charge is 2.07. The summed E-state index contributed by atoms with van der Waals surface area (Å²) in [6, 6.07) is 10.3. The second kappa shape index (κ2) is 6.60. The van der Waals surface area contributed by atoms with E-state index in [1.807, 2.05) is 18.2 Å². The van der Waals surface area contributed by atoms with Gasteiger partial charge in [0.15, 0.2) is 0 Å². The van der Waals surface area contributed by atoms with Gasteiger partial charge in [0, 0.05) is 6.54 Å². The van der Waals surface area contributed by atoms with Crippen molar-refractivity contribution in [3.05, 3.63) is 58.4 Å². The van der Waals surface area contributed by atoms with Crippen LogP contribution in [0.4, 0.5) is 11.6 Å². The van der Waals surface area contributed by atoms with Crippen molar-refractivity contribution in [3.8, 4) is 0 Å². The third-order valence-electron chi connectivity index (χ3n) is 3.08. The number of hydrogen-bond acceptors (Lipinski definition) is 5. The lowest BCUT2D eigenvalue weighted by Gasteiger charge is -2.12. The molecule has 0 aliphatic carbocycles. The molecule has 2 aromatic rings. The summed E-state index contributed by atoms with van der Waals surface area (Å²) in [6.07, 6.45) is 3.34. The van der Waals surface area contributed by atoms with Crippen molar-refractivity contribution >= 4 is 11.6 Å². The zero-order valence-electron chi connectivity index (χ0n) is 11.2. The third-order valence-corrected chi connectivity index (χ3v) is 3.08. The SMILES string of the molecule is CC(CCNc1ncc([N+](=O)[O-])cn1)c1ccccc1. The minimum absolute atomic E-state index is 0.104. The van der Waals surface area contributed by atoms with E-state index in [1.54, 1.807) is 0 Å². The molecule has 0 aliphatic heterocycles. The Morgan fingerprint density at radius 3 is 2.50 bits per heavy atom. The van der Waals surface area contributed by atoms with Crippen LogP contribution in [0.25, 0.3) is 0 Å². The Balaban J connectivity index is 1.82. The first-order chi connectivity index (χ1) is 9.66. The van der Waals surface area contributed by atoms with Crippen molar-refractivity contribution in [1.29, 1.82) is 0 Å². The van der Waals surface area contributed by atoms with Crippen molar-refractivity contribution in [2.24, 2.45) is 0 Å². The van der Waals surface area contributed by atoms with Crippen LogP contribution in [0.3, 0.4) is 0 Å². The van der Waals surface area contributed by atoms with E-state index in [0.717, 1.165) is 6.42 Å². The van der Waals surface area contributed by atoms with E-state index >= 15 is 0 Å². The van der Waals surface area contributed by atoms with Crippen LogP contribution in [0.5, 0.6) is 0 Å². The summed E-state index contributed by atoms with van der Waals surface area (Å²) in [7, 11) is 0. The van der Waals surface area contributed by atoms with E-state index in [9.17, 15) is 10.1 Å². The summed E-state index contributed by atoms with van der Waals surface area (Å²) in [4.78, 5) is 17.8. The molecule has 0 bridgehead atoms. The van der Waals surface area contributed by atoms with Crippen LogP contribution < -0.4 is 5.32 Å². The van der Waals surface area contributed by atoms with Crippen molar-refractivity contribution in [2.75, 3.05) is 11.9 Å². The van der Waals surface area contributed by atoms with E-state index in [2.05, 4.69) is 34.3 Å². The molecule has 1 aromatic heterocycles. The topological polar surface area (TPSA) is 81.0 Å². The highest BCUT2D eigenvalue weighted by Crippen LogP contribution is 2.18. The molecule has 1 aromatic carbocycles. The molecular formula is C14H16N4O2. The van der Waals surface area contributed by atoms with E-state index in [0.29, 0.717) is 18.4 Å². The molecule has 20 heavy (non-hydrogen) atoms. The molecule has 0 radical (unpaired) electrons. The van der Waals surface area contributed by atoms with Gasteiger partial charge in [-0.2, -0.15) is 0 Å². The number of nitro groups is 1. The zero-order chi connectivity index (χ0) is 14.4. The highest BCUT2D eigenvalue weighted by molar-refractivity contribution is 5.30. The van der Waals surface area contributed by atoms with Crippen LogP contribution in [0.2, 0.25) is 0 Å². The number of nitrogens with zero attached hydrogens (tertiary/aromatic N) is 3. The molecule has 1 heterocycles. The maximum atomic E-state index is 10.5. The predicted octanol–water partition coefficient (Wildman–Crippen LogP) is 2.99. The van der Waals surface area contributed by atoms with Gasteiger partial charge in [0.1, 0.15) is 12.4 Å². The molecule has 0 spiro atoms. The van der Waals surface area contributed by atoms with Gasteiger partial charge in [-0.1, -0.05) is 37.3 Å². The average molecular weight is 272 g/mol. The molecule has 2 rings (SSSR count). The van der Waals surface area contributed by atoms with E-state index in [-0.39, 0.29) is 5.69 Å². The van der Waals surface area contributed by atoms with Crippen LogP contribution in [0.15, 0.2) is 42.7 Å².